The lowest BCUT2D eigenvalue weighted by Crippen LogP contribution is -2.36. The van der Waals surface area contributed by atoms with Gasteiger partial charge in [-0.3, -0.25) is 14.5 Å². The van der Waals surface area contributed by atoms with Crippen LogP contribution in [-0.2, 0) is 16.0 Å². The molecule has 1 aliphatic rings. The number of carbonyl (C=O) groups excluding carboxylic acids is 2. The number of carbonyl (C=O) groups is 2. The Balaban J connectivity index is 1.95. The number of nitrogens with zero attached hydrogens (tertiary/aromatic N) is 1. The summed E-state index contributed by atoms with van der Waals surface area (Å²) in [4.78, 5) is 24.5. The van der Waals surface area contributed by atoms with Crippen LogP contribution >= 0.6 is 0 Å². The third-order valence-electron chi connectivity index (χ3n) is 3.55. The minimum Gasteiger partial charge on any atom is -0.319 e. The molecule has 2 amide bonds. The third-order valence-corrected chi connectivity index (χ3v) is 3.55. The van der Waals surface area contributed by atoms with E-state index >= 15 is 0 Å². The molecule has 0 spiro atoms. The zero-order valence-electron chi connectivity index (χ0n) is 11.4. The van der Waals surface area contributed by atoms with E-state index in [-0.39, 0.29) is 18.2 Å². The molecule has 1 aliphatic heterocycles. The Kier molecular flexibility index (Phi) is 4.00. The number of hydrogen-bond donors (Lipinski definition) is 1. The lowest BCUT2D eigenvalue weighted by Gasteiger charge is -2.14. The van der Waals surface area contributed by atoms with Crippen molar-refractivity contribution in [3.63, 3.8) is 0 Å². The number of hydrogen-bond acceptors (Lipinski definition) is 3. The fourth-order valence-corrected chi connectivity index (χ4v) is 2.25. The standard InChI is InChI=1S/C15H20N2O2/c1-10(2)12-5-3-11(4-6-12)7-8-17-14(18)9-13(16)15(17)19/h3-6,10,13H,7-9,16H2,1-2H3. The molecular formula is C15H20N2O2. The van der Waals surface area contributed by atoms with Gasteiger partial charge in [-0.1, -0.05) is 38.1 Å². The van der Waals surface area contributed by atoms with Crippen molar-refractivity contribution in [1.29, 1.82) is 0 Å². The van der Waals surface area contributed by atoms with Gasteiger partial charge in [0.1, 0.15) is 0 Å². The van der Waals surface area contributed by atoms with Crippen LogP contribution in [0.2, 0.25) is 0 Å². The summed E-state index contributed by atoms with van der Waals surface area (Å²) in [6.45, 7) is 4.72. The first-order valence-electron chi connectivity index (χ1n) is 6.67. The lowest BCUT2D eigenvalue weighted by atomic mass is 10.0. The molecule has 0 bridgehead atoms. The quantitative estimate of drug-likeness (QED) is 0.833. The predicted octanol–water partition coefficient (Wildman–Crippen LogP) is 1.44. The van der Waals surface area contributed by atoms with Gasteiger partial charge in [0, 0.05) is 6.54 Å². The van der Waals surface area contributed by atoms with E-state index in [1.807, 2.05) is 0 Å². The molecule has 1 heterocycles. The molecule has 2 N–H and O–H groups in total. The first-order chi connectivity index (χ1) is 8.99. The van der Waals surface area contributed by atoms with Crippen LogP contribution in [0.4, 0.5) is 0 Å². The van der Waals surface area contributed by atoms with Gasteiger partial charge in [0.15, 0.2) is 0 Å². The molecule has 1 unspecified atom stereocenters. The van der Waals surface area contributed by atoms with Gasteiger partial charge in [-0.2, -0.15) is 0 Å². The van der Waals surface area contributed by atoms with Gasteiger partial charge >= 0.3 is 0 Å². The van der Waals surface area contributed by atoms with Crippen molar-refractivity contribution in [1.82, 2.24) is 4.90 Å². The SMILES string of the molecule is CC(C)c1ccc(CCN2C(=O)CC(N)C2=O)cc1. The molecule has 4 heteroatoms. The molecule has 102 valence electrons. The Hall–Kier alpha value is -1.68. The van der Waals surface area contributed by atoms with E-state index in [9.17, 15) is 9.59 Å². The van der Waals surface area contributed by atoms with Crippen molar-refractivity contribution in [2.75, 3.05) is 6.54 Å². The zero-order valence-corrected chi connectivity index (χ0v) is 11.4. The van der Waals surface area contributed by atoms with Crippen molar-refractivity contribution in [3.05, 3.63) is 35.4 Å². The van der Waals surface area contributed by atoms with Crippen LogP contribution in [0.3, 0.4) is 0 Å². The summed E-state index contributed by atoms with van der Waals surface area (Å²) < 4.78 is 0. The van der Waals surface area contributed by atoms with Gasteiger partial charge in [0.05, 0.1) is 12.5 Å². The van der Waals surface area contributed by atoms with E-state index in [1.54, 1.807) is 0 Å². The zero-order chi connectivity index (χ0) is 14.0. The molecule has 1 aromatic rings. The lowest BCUT2D eigenvalue weighted by molar-refractivity contribution is -0.138. The van der Waals surface area contributed by atoms with Crippen molar-refractivity contribution in [3.8, 4) is 0 Å². The average molecular weight is 260 g/mol. The number of benzene rings is 1. The first-order valence-corrected chi connectivity index (χ1v) is 6.67. The molecule has 0 saturated carbocycles. The second-order valence-electron chi connectivity index (χ2n) is 5.34. The Labute approximate surface area is 113 Å². The van der Waals surface area contributed by atoms with Crippen LogP contribution in [-0.4, -0.2) is 29.3 Å². The van der Waals surface area contributed by atoms with Crippen LogP contribution in [0.25, 0.3) is 0 Å². The summed E-state index contributed by atoms with van der Waals surface area (Å²) in [6, 6.07) is 7.66. The highest BCUT2D eigenvalue weighted by Gasteiger charge is 2.35. The number of imide groups is 1. The van der Waals surface area contributed by atoms with Crippen LogP contribution < -0.4 is 5.73 Å². The molecule has 0 aromatic heterocycles. The summed E-state index contributed by atoms with van der Waals surface area (Å²) in [6.07, 6.45) is 0.827. The monoisotopic (exact) mass is 260 g/mol. The number of rotatable bonds is 4. The summed E-state index contributed by atoms with van der Waals surface area (Å²) in [5.41, 5.74) is 7.99. The highest BCUT2D eigenvalue weighted by atomic mass is 16.2. The van der Waals surface area contributed by atoms with Crippen molar-refractivity contribution in [2.45, 2.75) is 38.6 Å². The average Bonchev–Trinajstić information content (AvgIpc) is 2.62. The first kappa shape index (κ1) is 13.7. The normalized spacial score (nSPS) is 19.6. The summed E-state index contributed by atoms with van der Waals surface area (Å²) in [5, 5.41) is 0. The topological polar surface area (TPSA) is 63.4 Å². The minimum atomic E-state index is -0.643. The van der Waals surface area contributed by atoms with Crippen LogP contribution in [0.5, 0.6) is 0 Å². The molecule has 4 nitrogen and oxygen atoms in total. The number of nitrogens with two attached hydrogens (primary N) is 1. The Bertz CT molecular complexity index is 479. The molecular weight excluding hydrogens is 240 g/mol. The van der Waals surface area contributed by atoms with Gasteiger partial charge in [-0.05, 0) is 23.5 Å². The van der Waals surface area contributed by atoms with E-state index < -0.39 is 6.04 Å². The van der Waals surface area contributed by atoms with Gasteiger partial charge in [0.2, 0.25) is 11.8 Å². The van der Waals surface area contributed by atoms with Gasteiger partial charge in [0.25, 0.3) is 0 Å². The smallest absolute Gasteiger partial charge is 0.246 e. The molecule has 19 heavy (non-hydrogen) atoms. The van der Waals surface area contributed by atoms with Crippen molar-refractivity contribution in [2.24, 2.45) is 5.73 Å². The van der Waals surface area contributed by atoms with E-state index in [1.165, 1.54) is 10.5 Å². The molecule has 1 fully saturated rings. The highest BCUT2D eigenvalue weighted by Crippen LogP contribution is 2.16. The second kappa shape index (κ2) is 5.53. The maximum Gasteiger partial charge on any atom is 0.246 e. The van der Waals surface area contributed by atoms with Gasteiger partial charge in [-0.15, -0.1) is 0 Å². The molecule has 1 saturated heterocycles. The van der Waals surface area contributed by atoms with E-state index in [2.05, 4.69) is 38.1 Å². The molecule has 1 atom stereocenters. The Morgan fingerprint density at radius 3 is 2.37 bits per heavy atom. The second-order valence-corrected chi connectivity index (χ2v) is 5.34. The molecule has 1 aromatic carbocycles. The van der Waals surface area contributed by atoms with Crippen LogP contribution in [0.1, 0.15) is 37.3 Å². The summed E-state index contributed by atoms with van der Waals surface area (Å²) in [7, 11) is 0. The highest BCUT2D eigenvalue weighted by molar-refractivity contribution is 6.05. The summed E-state index contributed by atoms with van der Waals surface area (Å²) in [5.74, 6) is 0.105. The molecule has 0 aliphatic carbocycles. The Morgan fingerprint density at radius 1 is 1.26 bits per heavy atom. The fourth-order valence-electron chi connectivity index (χ4n) is 2.25. The van der Waals surface area contributed by atoms with Crippen LogP contribution in [0, 0.1) is 0 Å². The van der Waals surface area contributed by atoms with Gasteiger partial charge in [-0.25, -0.2) is 0 Å². The largest absolute Gasteiger partial charge is 0.319 e. The maximum atomic E-state index is 11.7. The minimum absolute atomic E-state index is 0.144. The summed E-state index contributed by atoms with van der Waals surface area (Å²) >= 11 is 0. The van der Waals surface area contributed by atoms with E-state index in [4.69, 9.17) is 5.73 Å². The molecule has 2 rings (SSSR count). The Morgan fingerprint density at radius 2 is 1.89 bits per heavy atom. The predicted molar refractivity (Wildman–Crippen MR) is 73.5 cm³/mol. The van der Waals surface area contributed by atoms with Crippen LogP contribution in [0.15, 0.2) is 24.3 Å². The number of likely N-dealkylation sites (tertiary alicyclic amines) is 1. The van der Waals surface area contributed by atoms with Crippen molar-refractivity contribution >= 4 is 11.8 Å². The van der Waals surface area contributed by atoms with Crippen molar-refractivity contribution < 1.29 is 9.59 Å². The van der Waals surface area contributed by atoms with Gasteiger partial charge < -0.3 is 5.73 Å². The third kappa shape index (κ3) is 3.01. The maximum absolute atomic E-state index is 11.7. The van der Waals surface area contributed by atoms with E-state index in [0.717, 1.165) is 5.56 Å². The molecule has 0 radical (unpaired) electrons. The van der Waals surface area contributed by atoms with E-state index in [0.29, 0.717) is 18.9 Å². The fraction of sp³-hybridized carbons (Fsp3) is 0.467. The number of amides is 2.